The Kier molecular flexibility index (Phi) is 4.26. The van der Waals surface area contributed by atoms with E-state index in [1.807, 2.05) is 25.1 Å². The molecule has 5 rings (SSSR count). The molecule has 3 aliphatic rings. The maximum Gasteiger partial charge on any atom is 0.237 e. The predicted molar refractivity (Wildman–Crippen MR) is 108 cm³/mol. The zero-order valence-electron chi connectivity index (χ0n) is 16.3. The van der Waals surface area contributed by atoms with Crippen molar-refractivity contribution in [1.29, 1.82) is 0 Å². The number of fused-ring (bicyclic) bond motifs is 5. The van der Waals surface area contributed by atoms with Gasteiger partial charge in [0, 0.05) is 5.56 Å². The monoisotopic (exact) mass is 389 g/mol. The molecule has 2 saturated carbocycles. The Hall–Kier alpha value is -2.95. The molecule has 29 heavy (non-hydrogen) atoms. The maximum absolute atomic E-state index is 13.0. The highest BCUT2D eigenvalue weighted by molar-refractivity contribution is 6.23. The van der Waals surface area contributed by atoms with Crippen LogP contribution in [0.1, 0.15) is 35.2 Å². The zero-order valence-corrected chi connectivity index (χ0v) is 16.3. The number of rotatable bonds is 5. The highest BCUT2D eigenvalue weighted by Crippen LogP contribution is 2.56. The number of imide groups is 1. The van der Waals surface area contributed by atoms with E-state index in [1.165, 1.54) is 4.90 Å². The molecule has 5 nitrogen and oxygen atoms in total. The number of benzene rings is 2. The molecule has 0 unspecified atom stereocenters. The van der Waals surface area contributed by atoms with Gasteiger partial charge < -0.3 is 4.74 Å². The summed E-state index contributed by atoms with van der Waals surface area (Å²) in [5.41, 5.74) is 2.04. The average Bonchev–Trinajstić information content (AvgIpc) is 3.41. The average molecular weight is 389 g/mol. The van der Waals surface area contributed by atoms with Crippen LogP contribution in [0.4, 0.5) is 5.69 Å². The maximum atomic E-state index is 13.0. The molecule has 1 heterocycles. The van der Waals surface area contributed by atoms with Crippen molar-refractivity contribution in [3.05, 3.63) is 59.7 Å². The molecule has 0 N–H and O–H groups in total. The Morgan fingerprint density at radius 2 is 1.66 bits per heavy atom. The fourth-order valence-corrected chi connectivity index (χ4v) is 5.47. The van der Waals surface area contributed by atoms with Gasteiger partial charge in [-0.15, -0.1) is 0 Å². The second kappa shape index (κ2) is 6.83. The van der Waals surface area contributed by atoms with Gasteiger partial charge in [-0.3, -0.25) is 14.4 Å². The van der Waals surface area contributed by atoms with Gasteiger partial charge in [0.1, 0.15) is 5.75 Å². The Morgan fingerprint density at radius 1 is 1.00 bits per heavy atom. The largest absolute Gasteiger partial charge is 0.485 e. The Balaban J connectivity index is 1.32. The van der Waals surface area contributed by atoms with Crippen LogP contribution >= 0.6 is 0 Å². The first-order valence-corrected chi connectivity index (χ1v) is 10.2. The van der Waals surface area contributed by atoms with Crippen LogP contribution in [0.2, 0.25) is 0 Å². The van der Waals surface area contributed by atoms with E-state index in [-0.39, 0.29) is 36.0 Å². The van der Waals surface area contributed by atoms with Crippen molar-refractivity contribution in [1.82, 2.24) is 0 Å². The van der Waals surface area contributed by atoms with Crippen LogP contribution in [0.5, 0.6) is 5.75 Å². The molecular formula is C24H23NO4. The normalized spacial score (nSPS) is 27.4. The summed E-state index contributed by atoms with van der Waals surface area (Å²) in [6.07, 6.45) is 3.17. The molecule has 2 bridgehead atoms. The molecule has 2 aromatic rings. The molecule has 0 aromatic heterocycles. The van der Waals surface area contributed by atoms with Crippen molar-refractivity contribution in [3.63, 3.8) is 0 Å². The van der Waals surface area contributed by atoms with Crippen molar-refractivity contribution in [2.75, 3.05) is 11.5 Å². The lowest BCUT2D eigenvalue weighted by molar-refractivity contribution is -0.123. The summed E-state index contributed by atoms with van der Waals surface area (Å²) in [6.45, 7) is 1.81. The van der Waals surface area contributed by atoms with Crippen molar-refractivity contribution < 1.29 is 19.1 Å². The summed E-state index contributed by atoms with van der Waals surface area (Å²) in [4.78, 5) is 39.7. The molecule has 0 radical (unpaired) electrons. The first-order valence-electron chi connectivity index (χ1n) is 10.2. The number of anilines is 1. The third kappa shape index (κ3) is 2.87. The van der Waals surface area contributed by atoms with Crippen LogP contribution in [0, 0.1) is 30.6 Å². The molecule has 1 aliphatic heterocycles. The number of ketones is 1. The standard InChI is InChI=1S/C24H23NO4/c1-14-11-18(29-13-20(26)15-5-3-2-4-6-15)9-10-19(14)25-23(27)21-16-7-8-17(12-16)22(21)24(25)28/h2-6,9-11,16-17,21-22H,7-8,12-13H2,1H3/t16-,17-,21-,22+/m0/s1. The second-order valence-electron chi connectivity index (χ2n) is 8.42. The third-order valence-electron chi connectivity index (χ3n) is 6.80. The van der Waals surface area contributed by atoms with Crippen LogP contribution in [0.3, 0.4) is 0 Å². The highest BCUT2D eigenvalue weighted by atomic mass is 16.5. The van der Waals surface area contributed by atoms with Gasteiger partial charge >= 0.3 is 0 Å². The van der Waals surface area contributed by atoms with E-state index in [1.54, 1.807) is 30.3 Å². The summed E-state index contributed by atoms with van der Waals surface area (Å²) >= 11 is 0. The zero-order chi connectivity index (χ0) is 20.1. The Bertz CT molecular complexity index is 971. The fourth-order valence-electron chi connectivity index (χ4n) is 5.47. The number of amides is 2. The van der Waals surface area contributed by atoms with Gasteiger partial charge in [0.15, 0.2) is 12.4 Å². The van der Waals surface area contributed by atoms with Gasteiger partial charge in [0.25, 0.3) is 0 Å². The van der Waals surface area contributed by atoms with Crippen LogP contribution in [0.15, 0.2) is 48.5 Å². The number of hydrogen-bond donors (Lipinski definition) is 0. The van der Waals surface area contributed by atoms with E-state index in [4.69, 9.17) is 4.74 Å². The van der Waals surface area contributed by atoms with Gasteiger partial charge in [0.2, 0.25) is 11.8 Å². The van der Waals surface area contributed by atoms with Gasteiger partial charge in [-0.05, 0) is 61.8 Å². The number of nitrogens with zero attached hydrogens (tertiary/aromatic N) is 1. The lowest BCUT2D eigenvalue weighted by Gasteiger charge is -2.20. The SMILES string of the molecule is Cc1cc(OCC(=O)c2ccccc2)ccc1N1C(=O)[C@@H]2[C@H]3CC[C@@H](C3)[C@@H]2C1=O. The molecule has 4 atom stereocenters. The first kappa shape index (κ1) is 18.1. The number of Topliss-reactive ketones (excluding diaryl/α,β-unsaturated/α-hetero) is 1. The minimum atomic E-state index is -0.125. The lowest BCUT2D eigenvalue weighted by atomic mass is 9.81. The third-order valence-corrected chi connectivity index (χ3v) is 6.80. The summed E-state index contributed by atoms with van der Waals surface area (Å²) in [6, 6.07) is 14.3. The first-order chi connectivity index (χ1) is 14.0. The van der Waals surface area contributed by atoms with Gasteiger partial charge in [-0.25, -0.2) is 4.90 Å². The molecule has 2 aliphatic carbocycles. The number of aryl methyl sites for hydroxylation is 1. The molecule has 1 saturated heterocycles. The fraction of sp³-hybridized carbons (Fsp3) is 0.375. The molecule has 148 valence electrons. The number of hydrogen-bond acceptors (Lipinski definition) is 4. The van der Waals surface area contributed by atoms with Gasteiger partial charge in [-0.2, -0.15) is 0 Å². The van der Waals surface area contributed by atoms with E-state index in [0.29, 0.717) is 28.8 Å². The molecule has 2 amide bonds. The van der Waals surface area contributed by atoms with Crippen molar-refractivity contribution in [3.8, 4) is 5.75 Å². The quantitative estimate of drug-likeness (QED) is 0.577. The van der Waals surface area contributed by atoms with Crippen molar-refractivity contribution in [2.24, 2.45) is 23.7 Å². The van der Waals surface area contributed by atoms with Crippen molar-refractivity contribution in [2.45, 2.75) is 26.2 Å². The number of carbonyl (C=O) groups is 3. The van der Waals surface area contributed by atoms with Crippen LogP contribution in [0.25, 0.3) is 0 Å². The smallest absolute Gasteiger partial charge is 0.237 e. The Labute approximate surface area is 169 Å². The summed E-state index contributed by atoms with van der Waals surface area (Å²) in [5, 5.41) is 0. The van der Waals surface area contributed by atoms with E-state index < -0.39 is 0 Å². The highest BCUT2D eigenvalue weighted by Gasteiger charge is 2.61. The summed E-state index contributed by atoms with van der Waals surface area (Å²) < 4.78 is 5.66. The minimum absolute atomic E-state index is 0.0387. The molecule has 5 heteroatoms. The molecule has 3 fully saturated rings. The van der Waals surface area contributed by atoms with Crippen LogP contribution in [-0.4, -0.2) is 24.2 Å². The Morgan fingerprint density at radius 3 is 2.28 bits per heavy atom. The number of carbonyl (C=O) groups excluding carboxylic acids is 3. The van der Waals surface area contributed by atoms with Crippen LogP contribution in [-0.2, 0) is 9.59 Å². The van der Waals surface area contributed by atoms with E-state index >= 15 is 0 Å². The van der Waals surface area contributed by atoms with E-state index in [2.05, 4.69) is 0 Å². The van der Waals surface area contributed by atoms with Gasteiger partial charge in [-0.1, -0.05) is 30.3 Å². The lowest BCUT2D eigenvalue weighted by Crippen LogP contribution is -2.33. The van der Waals surface area contributed by atoms with Gasteiger partial charge in [0.05, 0.1) is 17.5 Å². The molecule has 2 aromatic carbocycles. The number of ether oxygens (including phenoxy) is 1. The topological polar surface area (TPSA) is 63.7 Å². The van der Waals surface area contributed by atoms with Crippen molar-refractivity contribution >= 4 is 23.3 Å². The predicted octanol–water partition coefficient (Wildman–Crippen LogP) is 3.79. The molecular weight excluding hydrogens is 366 g/mol. The minimum Gasteiger partial charge on any atom is -0.485 e. The molecule has 0 spiro atoms. The second-order valence-corrected chi connectivity index (χ2v) is 8.42. The summed E-state index contributed by atoms with van der Waals surface area (Å²) in [7, 11) is 0. The van der Waals surface area contributed by atoms with Crippen LogP contribution < -0.4 is 9.64 Å². The van der Waals surface area contributed by atoms with E-state index in [9.17, 15) is 14.4 Å². The van der Waals surface area contributed by atoms with E-state index in [0.717, 1.165) is 24.8 Å². The summed E-state index contributed by atoms with van der Waals surface area (Å²) in [5.74, 6) is 0.874.